The second-order valence-electron chi connectivity index (χ2n) is 10.7. The van der Waals surface area contributed by atoms with Gasteiger partial charge in [-0.25, -0.2) is 9.59 Å². The van der Waals surface area contributed by atoms with Crippen molar-refractivity contribution in [2.24, 2.45) is 23.7 Å². The average Bonchev–Trinajstić information content (AvgIpc) is 3.62. The van der Waals surface area contributed by atoms with Gasteiger partial charge in [0.1, 0.15) is 12.2 Å². The second kappa shape index (κ2) is 8.48. The Bertz CT molecular complexity index is 1380. The Morgan fingerprint density at radius 3 is 1.47 bits per heavy atom. The van der Waals surface area contributed by atoms with Gasteiger partial charge in [0.15, 0.2) is 0 Å². The van der Waals surface area contributed by atoms with Gasteiger partial charge in [-0.2, -0.15) is 0 Å². The van der Waals surface area contributed by atoms with E-state index in [-0.39, 0.29) is 23.8 Å². The van der Waals surface area contributed by atoms with Crippen LogP contribution in [0.1, 0.15) is 46.4 Å². The van der Waals surface area contributed by atoms with Gasteiger partial charge in [-0.15, -0.1) is 0 Å². The van der Waals surface area contributed by atoms with Crippen molar-refractivity contribution in [3.05, 3.63) is 96.1 Å². The van der Waals surface area contributed by atoms with Crippen LogP contribution in [-0.4, -0.2) is 24.1 Å². The lowest BCUT2D eigenvalue weighted by molar-refractivity contribution is -0.0766. The summed E-state index contributed by atoms with van der Waals surface area (Å²) in [6.45, 7) is 0. The molecule has 4 aromatic carbocycles. The third kappa shape index (κ3) is 3.50. The summed E-state index contributed by atoms with van der Waals surface area (Å²) in [7, 11) is 0. The maximum absolute atomic E-state index is 13.3. The number of hydrogen-bond acceptors (Lipinski definition) is 4. The number of benzene rings is 4. The zero-order chi connectivity index (χ0) is 24.2. The van der Waals surface area contributed by atoms with Crippen LogP contribution in [0.4, 0.5) is 0 Å². The molecule has 6 unspecified atom stereocenters. The minimum atomic E-state index is -0.391. The molecule has 3 saturated carbocycles. The van der Waals surface area contributed by atoms with Gasteiger partial charge in [0.2, 0.25) is 0 Å². The highest BCUT2D eigenvalue weighted by atomic mass is 16.6. The average molecular weight is 477 g/mol. The Kier molecular flexibility index (Phi) is 5.09. The molecule has 0 spiro atoms. The standard InChI is InChI=1S/C32H28O4/c33-31(23-14-12-19-6-1-3-8-21(19)16-23)35-29-27-18-28(26-11-5-10-25(26)27)30(29)36-32(34)24-15-13-20-7-2-4-9-22(20)17-24/h1-4,6-9,12-17,25-30H,5,10-11,18H2. The zero-order valence-electron chi connectivity index (χ0n) is 20.0. The highest BCUT2D eigenvalue weighted by Gasteiger charge is 2.62. The number of fused-ring (bicyclic) bond motifs is 7. The summed E-state index contributed by atoms with van der Waals surface area (Å²) in [6.07, 6.45) is 3.76. The smallest absolute Gasteiger partial charge is 0.338 e. The monoisotopic (exact) mass is 476 g/mol. The molecule has 0 heterocycles. The number of esters is 2. The van der Waals surface area contributed by atoms with Gasteiger partial charge in [-0.3, -0.25) is 0 Å². The van der Waals surface area contributed by atoms with Gasteiger partial charge in [-0.1, -0.05) is 67.1 Å². The number of carbonyl (C=O) groups excluding carboxylic acids is 2. The molecule has 4 heteroatoms. The van der Waals surface area contributed by atoms with Crippen LogP contribution in [0.25, 0.3) is 21.5 Å². The summed E-state index contributed by atoms with van der Waals surface area (Å²) in [5, 5.41) is 4.19. The van der Waals surface area contributed by atoms with Gasteiger partial charge >= 0.3 is 11.9 Å². The molecule has 6 atom stereocenters. The van der Waals surface area contributed by atoms with Crippen molar-refractivity contribution < 1.29 is 19.1 Å². The molecule has 36 heavy (non-hydrogen) atoms. The van der Waals surface area contributed by atoms with Crippen molar-refractivity contribution in [2.45, 2.75) is 37.9 Å². The topological polar surface area (TPSA) is 52.6 Å². The molecule has 2 bridgehead atoms. The Labute approximate surface area is 210 Å². The van der Waals surface area contributed by atoms with Crippen LogP contribution in [0.15, 0.2) is 84.9 Å². The van der Waals surface area contributed by atoms with E-state index in [4.69, 9.17) is 9.47 Å². The summed E-state index contributed by atoms with van der Waals surface area (Å²) in [4.78, 5) is 26.6. The molecular formula is C32H28O4. The van der Waals surface area contributed by atoms with Crippen LogP contribution >= 0.6 is 0 Å². The first-order valence-corrected chi connectivity index (χ1v) is 13.1. The lowest BCUT2D eigenvalue weighted by Gasteiger charge is -2.37. The summed E-state index contributed by atoms with van der Waals surface area (Å²) in [5.41, 5.74) is 1.08. The lowest BCUT2D eigenvalue weighted by Crippen LogP contribution is -2.45. The maximum atomic E-state index is 13.3. The second-order valence-corrected chi connectivity index (χ2v) is 10.7. The van der Waals surface area contributed by atoms with Gasteiger partial charge in [0.05, 0.1) is 11.1 Å². The fourth-order valence-electron chi connectivity index (χ4n) is 7.31. The number of ether oxygens (including phenoxy) is 2. The van der Waals surface area contributed by atoms with Crippen LogP contribution in [-0.2, 0) is 9.47 Å². The van der Waals surface area contributed by atoms with Crippen molar-refractivity contribution in [1.82, 2.24) is 0 Å². The minimum absolute atomic E-state index is 0.265. The molecule has 0 aliphatic heterocycles. The van der Waals surface area contributed by atoms with E-state index in [2.05, 4.69) is 0 Å². The molecule has 180 valence electrons. The minimum Gasteiger partial charge on any atom is -0.455 e. The van der Waals surface area contributed by atoms with E-state index in [0.717, 1.165) is 28.0 Å². The first-order chi connectivity index (χ1) is 17.7. The fraction of sp³-hybridized carbons (Fsp3) is 0.312. The van der Waals surface area contributed by atoms with Crippen molar-refractivity contribution in [2.75, 3.05) is 0 Å². The van der Waals surface area contributed by atoms with Gasteiger partial charge < -0.3 is 9.47 Å². The van der Waals surface area contributed by atoms with Crippen LogP contribution in [0.5, 0.6) is 0 Å². The van der Waals surface area contributed by atoms with Crippen LogP contribution in [0, 0.1) is 23.7 Å². The predicted molar refractivity (Wildman–Crippen MR) is 139 cm³/mol. The SMILES string of the molecule is O=C(OC1C2CC(C3CCCC32)C1OC(=O)c1ccc2ccccc2c1)c1ccc2ccccc2c1. The van der Waals surface area contributed by atoms with Crippen LogP contribution in [0.3, 0.4) is 0 Å². The van der Waals surface area contributed by atoms with E-state index in [1.807, 2.05) is 84.9 Å². The molecule has 4 aromatic rings. The normalized spacial score (nSPS) is 28.3. The highest BCUT2D eigenvalue weighted by Crippen LogP contribution is 2.60. The first kappa shape index (κ1) is 21.6. The van der Waals surface area contributed by atoms with Crippen molar-refractivity contribution in [3.63, 3.8) is 0 Å². The molecule has 0 N–H and O–H groups in total. The molecule has 7 rings (SSSR count). The van der Waals surface area contributed by atoms with E-state index >= 15 is 0 Å². The van der Waals surface area contributed by atoms with Crippen molar-refractivity contribution in [3.8, 4) is 0 Å². The van der Waals surface area contributed by atoms with Crippen LogP contribution < -0.4 is 0 Å². The molecule has 4 nitrogen and oxygen atoms in total. The van der Waals surface area contributed by atoms with Crippen LogP contribution in [0.2, 0.25) is 0 Å². The molecule has 3 aliphatic carbocycles. The Hall–Kier alpha value is -3.66. The molecule has 0 amide bonds. The highest BCUT2D eigenvalue weighted by molar-refractivity contribution is 5.96. The third-order valence-electron chi connectivity index (χ3n) is 8.89. The van der Waals surface area contributed by atoms with E-state index in [9.17, 15) is 9.59 Å². The molecule has 0 saturated heterocycles. The number of carbonyl (C=O) groups is 2. The van der Waals surface area contributed by atoms with Gasteiger partial charge in [0.25, 0.3) is 0 Å². The maximum Gasteiger partial charge on any atom is 0.338 e. The van der Waals surface area contributed by atoms with Crippen molar-refractivity contribution >= 4 is 33.5 Å². The summed E-state index contributed by atoms with van der Waals surface area (Å²) < 4.78 is 12.4. The van der Waals surface area contributed by atoms with E-state index in [1.54, 1.807) is 0 Å². The van der Waals surface area contributed by atoms with Gasteiger partial charge in [0, 0.05) is 11.8 Å². The molecule has 3 aliphatic rings. The largest absolute Gasteiger partial charge is 0.455 e. The molecular weight excluding hydrogens is 448 g/mol. The Morgan fingerprint density at radius 1 is 0.556 bits per heavy atom. The molecule has 0 aromatic heterocycles. The summed E-state index contributed by atoms with van der Waals surface area (Å²) >= 11 is 0. The first-order valence-electron chi connectivity index (χ1n) is 13.1. The summed E-state index contributed by atoms with van der Waals surface area (Å²) in [6, 6.07) is 27.3. The molecule has 3 fully saturated rings. The van der Waals surface area contributed by atoms with E-state index in [1.165, 1.54) is 19.3 Å². The number of rotatable bonds is 4. The Balaban J connectivity index is 1.16. The lowest BCUT2D eigenvalue weighted by atomic mass is 9.78. The van der Waals surface area contributed by atoms with Crippen molar-refractivity contribution in [1.29, 1.82) is 0 Å². The Morgan fingerprint density at radius 2 is 1.00 bits per heavy atom. The summed E-state index contributed by atoms with van der Waals surface area (Å²) in [5.74, 6) is 1.00. The van der Waals surface area contributed by atoms with E-state index < -0.39 is 12.2 Å². The third-order valence-corrected chi connectivity index (χ3v) is 8.89. The van der Waals surface area contributed by atoms with Gasteiger partial charge in [-0.05, 0) is 76.9 Å². The quantitative estimate of drug-likeness (QED) is 0.304. The van der Waals surface area contributed by atoms with E-state index in [0.29, 0.717) is 23.0 Å². The zero-order valence-corrected chi connectivity index (χ0v) is 20.0. The molecule has 0 radical (unpaired) electrons. The fourth-order valence-corrected chi connectivity index (χ4v) is 7.31. The number of hydrogen-bond donors (Lipinski definition) is 0. The predicted octanol–water partition coefficient (Wildman–Crippen LogP) is 6.81.